The highest BCUT2D eigenvalue weighted by Gasteiger charge is 2.54. The summed E-state index contributed by atoms with van der Waals surface area (Å²) in [7, 11) is 0. The Morgan fingerprint density at radius 1 is 1.33 bits per heavy atom. The van der Waals surface area contributed by atoms with E-state index < -0.39 is 0 Å². The quantitative estimate of drug-likeness (QED) is 0.825. The van der Waals surface area contributed by atoms with Crippen molar-refractivity contribution in [3.8, 4) is 11.8 Å². The van der Waals surface area contributed by atoms with Crippen molar-refractivity contribution in [1.82, 2.24) is 0 Å². The lowest BCUT2D eigenvalue weighted by molar-refractivity contribution is -0.117. The molecule has 1 aromatic carbocycles. The highest BCUT2D eigenvalue weighted by molar-refractivity contribution is 6.31. The molecule has 21 heavy (non-hydrogen) atoms. The summed E-state index contributed by atoms with van der Waals surface area (Å²) in [4.78, 5) is 12.4. The molecule has 3 rings (SSSR count). The highest BCUT2D eigenvalue weighted by Crippen LogP contribution is 2.55. The molecule has 110 valence electrons. The van der Waals surface area contributed by atoms with Crippen LogP contribution in [0, 0.1) is 29.6 Å². The zero-order valence-electron chi connectivity index (χ0n) is 11.7. The van der Waals surface area contributed by atoms with Gasteiger partial charge in [0.25, 0.3) is 0 Å². The van der Waals surface area contributed by atoms with Crippen LogP contribution in [-0.4, -0.2) is 17.6 Å². The van der Waals surface area contributed by atoms with Crippen LogP contribution >= 0.6 is 11.6 Å². The van der Waals surface area contributed by atoms with Gasteiger partial charge in [-0.3, -0.25) is 4.79 Å². The van der Waals surface area contributed by atoms with Crippen molar-refractivity contribution in [3.05, 3.63) is 28.8 Å². The van der Waals surface area contributed by atoms with Crippen LogP contribution in [0.5, 0.6) is 0 Å². The van der Waals surface area contributed by atoms with E-state index in [1.165, 1.54) is 25.7 Å². The molecular formula is C17H18ClNO2. The molecule has 4 heteroatoms. The summed E-state index contributed by atoms with van der Waals surface area (Å²) in [6.45, 7) is -0.206. The van der Waals surface area contributed by atoms with E-state index in [0.717, 1.165) is 0 Å². The second-order valence-corrected chi connectivity index (χ2v) is 6.21. The number of amides is 1. The number of aliphatic hydroxyl groups is 1. The molecule has 2 saturated carbocycles. The first-order valence-electron chi connectivity index (χ1n) is 7.41. The lowest BCUT2D eigenvalue weighted by atomic mass is 10.0. The van der Waals surface area contributed by atoms with Gasteiger partial charge in [0.15, 0.2) is 0 Å². The van der Waals surface area contributed by atoms with Crippen LogP contribution in [0.25, 0.3) is 0 Å². The van der Waals surface area contributed by atoms with Gasteiger partial charge in [-0.15, -0.1) is 0 Å². The second kappa shape index (κ2) is 6.09. The fourth-order valence-electron chi connectivity index (χ4n) is 3.46. The van der Waals surface area contributed by atoms with E-state index in [4.69, 9.17) is 16.7 Å². The summed E-state index contributed by atoms with van der Waals surface area (Å²) in [6, 6.07) is 5.21. The number of carbonyl (C=O) groups excluding carboxylic acids is 1. The molecule has 1 aromatic rings. The van der Waals surface area contributed by atoms with E-state index >= 15 is 0 Å². The summed E-state index contributed by atoms with van der Waals surface area (Å²) in [6.07, 6.45) is 4.84. The van der Waals surface area contributed by atoms with Gasteiger partial charge < -0.3 is 10.4 Å². The van der Waals surface area contributed by atoms with Crippen LogP contribution < -0.4 is 5.32 Å². The van der Waals surface area contributed by atoms with Crippen LogP contribution in [0.15, 0.2) is 18.2 Å². The summed E-state index contributed by atoms with van der Waals surface area (Å²) >= 11 is 6.00. The Kier molecular flexibility index (Phi) is 4.19. The minimum atomic E-state index is -0.206. The number of halogens is 1. The fraction of sp³-hybridized carbons (Fsp3) is 0.471. The van der Waals surface area contributed by atoms with Crippen molar-refractivity contribution in [2.75, 3.05) is 11.9 Å². The van der Waals surface area contributed by atoms with Crippen LogP contribution in [0.2, 0.25) is 5.02 Å². The first-order valence-corrected chi connectivity index (χ1v) is 7.78. The van der Waals surface area contributed by atoms with Gasteiger partial charge in [-0.2, -0.15) is 0 Å². The van der Waals surface area contributed by atoms with Crippen LogP contribution in [0.1, 0.15) is 31.2 Å². The Morgan fingerprint density at radius 3 is 2.71 bits per heavy atom. The highest BCUT2D eigenvalue weighted by atomic mass is 35.5. The van der Waals surface area contributed by atoms with E-state index in [2.05, 4.69) is 17.2 Å². The number of fused-ring (bicyclic) bond motifs is 1. The van der Waals surface area contributed by atoms with Crippen LogP contribution in [0.4, 0.5) is 5.69 Å². The minimum absolute atomic E-state index is 0.0845. The van der Waals surface area contributed by atoms with E-state index in [-0.39, 0.29) is 18.4 Å². The smallest absolute Gasteiger partial charge is 0.228 e. The molecule has 1 amide bonds. The second-order valence-electron chi connectivity index (χ2n) is 5.78. The number of hydrogen-bond donors (Lipinski definition) is 2. The van der Waals surface area contributed by atoms with Crippen LogP contribution in [0.3, 0.4) is 0 Å². The SMILES string of the molecule is O=C(Nc1cc(Cl)ccc1C#CCO)C1C2CCCCC21. The molecule has 2 aliphatic carbocycles. The number of anilines is 1. The van der Waals surface area contributed by atoms with Gasteiger partial charge in [0.2, 0.25) is 5.91 Å². The van der Waals surface area contributed by atoms with Gasteiger partial charge in [0.05, 0.1) is 5.69 Å². The number of nitrogens with one attached hydrogen (secondary N) is 1. The maximum Gasteiger partial charge on any atom is 0.228 e. The zero-order valence-corrected chi connectivity index (χ0v) is 12.5. The molecule has 2 N–H and O–H groups in total. The molecule has 0 heterocycles. The number of aliphatic hydroxyl groups excluding tert-OH is 1. The average Bonchev–Trinajstić information content (AvgIpc) is 3.21. The van der Waals surface area contributed by atoms with E-state index in [1.54, 1.807) is 18.2 Å². The maximum absolute atomic E-state index is 12.4. The van der Waals surface area contributed by atoms with Crippen molar-refractivity contribution in [2.45, 2.75) is 25.7 Å². The van der Waals surface area contributed by atoms with E-state index in [0.29, 0.717) is 28.1 Å². The molecule has 2 atom stereocenters. The Morgan fingerprint density at radius 2 is 2.05 bits per heavy atom. The van der Waals surface area contributed by atoms with Gasteiger partial charge in [0.1, 0.15) is 6.61 Å². The molecule has 0 saturated heterocycles. The number of hydrogen-bond acceptors (Lipinski definition) is 2. The molecule has 2 unspecified atom stereocenters. The normalized spacial score (nSPS) is 26.3. The zero-order chi connectivity index (χ0) is 14.8. The van der Waals surface area contributed by atoms with E-state index in [1.807, 2.05) is 0 Å². The van der Waals surface area contributed by atoms with Gasteiger partial charge in [-0.25, -0.2) is 0 Å². The van der Waals surface area contributed by atoms with Crippen molar-refractivity contribution < 1.29 is 9.90 Å². The topological polar surface area (TPSA) is 49.3 Å². The van der Waals surface area contributed by atoms with Gasteiger partial charge in [-0.1, -0.05) is 36.3 Å². The van der Waals surface area contributed by atoms with Crippen molar-refractivity contribution in [2.24, 2.45) is 17.8 Å². The summed E-state index contributed by atoms with van der Waals surface area (Å²) in [5.41, 5.74) is 1.32. The fourth-order valence-corrected chi connectivity index (χ4v) is 3.63. The molecule has 0 radical (unpaired) electrons. The molecular weight excluding hydrogens is 286 g/mol. The maximum atomic E-state index is 12.4. The average molecular weight is 304 g/mol. The molecule has 2 fully saturated rings. The third-order valence-corrected chi connectivity index (χ3v) is 4.74. The van der Waals surface area contributed by atoms with Crippen LogP contribution in [-0.2, 0) is 4.79 Å². The third-order valence-electron chi connectivity index (χ3n) is 4.50. The summed E-state index contributed by atoms with van der Waals surface area (Å²) in [5.74, 6) is 6.84. The van der Waals surface area contributed by atoms with Gasteiger partial charge in [0, 0.05) is 16.5 Å². The molecule has 0 spiro atoms. The Labute approximate surface area is 129 Å². The van der Waals surface area contributed by atoms with Gasteiger partial charge in [-0.05, 0) is 42.9 Å². The Hall–Kier alpha value is -1.50. The van der Waals surface area contributed by atoms with E-state index in [9.17, 15) is 4.79 Å². The number of carbonyl (C=O) groups is 1. The predicted octanol–water partition coefficient (Wildman–Crippen LogP) is 3.06. The monoisotopic (exact) mass is 303 g/mol. The molecule has 3 nitrogen and oxygen atoms in total. The first kappa shape index (κ1) is 14.4. The standard InChI is InChI=1S/C17H18ClNO2/c18-12-8-7-11(4-3-9-20)15(10-12)19-17(21)16-13-5-1-2-6-14(13)16/h7-8,10,13-14,16,20H,1-2,5-6,9H2,(H,19,21). The largest absolute Gasteiger partial charge is 0.384 e. The number of rotatable bonds is 2. The summed E-state index contributed by atoms with van der Waals surface area (Å²) < 4.78 is 0. The predicted molar refractivity (Wildman–Crippen MR) is 83.0 cm³/mol. The number of benzene rings is 1. The lowest BCUT2D eigenvalue weighted by Gasteiger charge is -2.08. The first-order chi connectivity index (χ1) is 10.2. The Balaban J connectivity index is 1.75. The lowest BCUT2D eigenvalue weighted by Crippen LogP contribution is -2.16. The van der Waals surface area contributed by atoms with Crippen molar-refractivity contribution in [3.63, 3.8) is 0 Å². The minimum Gasteiger partial charge on any atom is -0.384 e. The van der Waals surface area contributed by atoms with Gasteiger partial charge >= 0.3 is 0 Å². The molecule has 0 bridgehead atoms. The Bertz CT molecular complexity index is 605. The summed E-state index contributed by atoms with van der Waals surface area (Å²) in [5, 5.41) is 12.3. The molecule has 0 aliphatic heterocycles. The molecule has 2 aliphatic rings. The molecule has 0 aromatic heterocycles. The third kappa shape index (κ3) is 3.07. The van der Waals surface area contributed by atoms with Crippen molar-refractivity contribution >= 4 is 23.2 Å². The van der Waals surface area contributed by atoms with Crippen molar-refractivity contribution in [1.29, 1.82) is 0 Å².